The predicted molar refractivity (Wildman–Crippen MR) is 61.4 cm³/mol. The Balaban J connectivity index is 2.18. The Hall–Kier alpha value is -1.82. The number of aliphatic carboxylic acids is 1. The Bertz CT molecular complexity index is 459. The van der Waals surface area contributed by atoms with Gasteiger partial charge < -0.3 is 19.6 Å². The number of hydrogen-bond acceptors (Lipinski definition) is 4. The van der Waals surface area contributed by atoms with Gasteiger partial charge in [0.25, 0.3) is 5.91 Å². The van der Waals surface area contributed by atoms with Crippen LogP contribution in [0.2, 0.25) is 0 Å². The summed E-state index contributed by atoms with van der Waals surface area (Å²) >= 11 is 0. The normalized spacial score (nSPS) is 22.9. The van der Waals surface area contributed by atoms with Crippen LogP contribution in [0.15, 0.2) is 16.7 Å². The van der Waals surface area contributed by atoms with Crippen molar-refractivity contribution in [3.05, 3.63) is 23.7 Å². The number of aryl methyl sites for hydroxylation is 1. The first-order chi connectivity index (χ1) is 8.59. The summed E-state index contributed by atoms with van der Waals surface area (Å²) in [5, 5.41) is 11.8. The summed E-state index contributed by atoms with van der Waals surface area (Å²) in [7, 11) is 0. The molecule has 6 nitrogen and oxygen atoms in total. The highest BCUT2D eigenvalue weighted by molar-refractivity contribution is 5.98. The van der Waals surface area contributed by atoms with E-state index in [1.807, 2.05) is 6.92 Å². The monoisotopic (exact) mass is 253 g/mol. The second-order valence-electron chi connectivity index (χ2n) is 4.25. The number of rotatable bonds is 4. The van der Waals surface area contributed by atoms with Crippen LogP contribution in [-0.2, 0) is 16.0 Å². The fourth-order valence-electron chi connectivity index (χ4n) is 1.99. The van der Waals surface area contributed by atoms with Crippen molar-refractivity contribution in [2.45, 2.75) is 25.3 Å². The molecule has 1 aliphatic rings. The lowest BCUT2D eigenvalue weighted by Gasteiger charge is -2.23. The molecule has 1 aliphatic heterocycles. The highest BCUT2D eigenvalue weighted by atomic mass is 16.5. The molecule has 0 aliphatic carbocycles. The third kappa shape index (κ3) is 2.11. The molecule has 0 bridgehead atoms. The van der Waals surface area contributed by atoms with Crippen LogP contribution in [-0.4, -0.2) is 35.7 Å². The number of carboxylic acid groups (broad SMARTS) is 1. The van der Waals surface area contributed by atoms with Crippen molar-refractivity contribution in [2.75, 3.05) is 13.2 Å². The summed E-state index contributed by atoms with van der Waals surface area (Å²) in [5.41, 5.74) is -0.940. The average molecular weight is 253 g/mol. The Morgan fingerprint density at radius 3 is 2.89 bits per heavy atom. The van der Waals surface area contributed by atoms with Crippen LogP contribution < -0.4 is 5.32 Å². The van der Waals surface area contributed by atoms with Crippen molar-refractivity contribution in [2.24, 2.45) is 0 Å². The maximum atomic E-state index is 12.1. The molecule has 1 aromatic rings. The van der Waals surface area contributed by atoms with Gasteiger partial charge in [0.2, 0.25) is 0 Å². The minimum absolute atomic E-state index is 0.00656. The molecule has 0 saturated carbocycles. The Morgan fingerprint density at radius 2 is 2.33 bits per heavy atom. The van der Waals surface area contributed by atoms with E-state index in [1.165, 1.54) is 6.26 Å². The lowest BCUT2D eigenvalue weighted by atomic mass is 9.98. The third-order valence-corrected chi connectivity index (χ3v) is 3.09. The van der Waals surface area contributed by atoms with Crippen molar-refractivity contribution < 1.29 is 23.8 Å². The van der Waals surface area contributed by atoms with Crippen LogP contribution in [0.3, 0.4) is 0 Å². The fraction of sp³-hybridized carbons (Fsp3) is 0.500. The van der Waals surface area contributed by atoms with E-state index in [9.17, 15) is 14.7 Å². The Kier molecular flexibility index (Phi) is 3.38. The van der Waals surface area contributed by atoms with Gasteiger partial charge in [0.15, 0.2) is 5.54 Å². The molecule has 18 heavy (non-hydrogen) atoms. The van der Waals surface area contributed by atoms with E-state index in [1.54, 1.807) is 6.07 Å². The Labute approximate surface area is 104 Å². The maximum Gasteiger partial charge on any atom is 0.331 e. The fourth-order valence-corrected chi connectivity index (χ4v) is 1.99. The van der Waals surface area contributed by atoms with Gasteiger partial charge >= 0.3 is 5.97 Å². The van der Waals surface area contributed by atoms with Gasteiger partial charge in [0.1, 0.15) is 5.76 Å². The standard InChI is InChI=1S/C12H15NO5/c1-2-9-8(3-5-18-9)10(14)13-12(11(15)16)4-6-17-7-12/h3,5H,2,4,6-7H2,1H3,(H,13,14)(H,15,16). The molecule has 2 N–H and O–H groups in total. The van der Waals surface area contributed by atoms with Crippen LogP contribution in [0.1, 0.15) is 29.5 Å². The molecule has 1 atom stereocenters. The van der Waals surface area contributed by atoms with Crippen molar-refractivity contribution in [1.82, 2.24) is 5.32 Å². The summed E-state index contributed by atoms with van der Waals surface area (Å²) in [6.45, 7) is 2.19. The number of furan rings is 1. The van der Waals surface area contributed by atoms with Gasteiger partial charge in [0.05, 0.1) is 18.4 Å². The van der Waals surface area contributed by atoms with Crippen LogP contribution >= 0.6 is 0 Å². The highest BCUT2D eigenvalue weighted by Gasteiger charge is 2.44. The average Bonchev–Trinajstić information content (AvgIpc) is 2.97. The molecule has 1 amide bonds. The number of carbonyl (C=O) groups excluding carboxylic acids is 1. The molecule has 2 heterocycles. The first kappa shape index (κ1) is 12.6. The number of ether oxygens (including phenoxy) is 1. The van der Waals surface area contributed by atoms with Crippen LogP contribution in [0.5, 0.6) is 0 Å². The van der Waals surface area contributed by atoms with E-state index in [-0.39, 0.29) is 13.0 Å². The molecule has 1 aromatic heterocycles. The molecule has 98 valence electrons. The minimum atomic E-state index is -1.32. The van der Waals surface area contributed by atoms with Crippen molar-refractivity contribution in [1.29, 1.82) is 0 Å². The quantitative estimate of drug-likeness (QED) is 0.829. The first-order valence-corrected chi connectivity index (χ1v) is 5.79. The van der Waals surface area contributed by atoms with Gasteiger partial charge in [-0.15, -0.1) is 0 Å². The first-order valence-electron chi connectivity index (χ1n) is 5.79. The van der Waals surface area contributed by atoms with E-state index in [4.69, 9.17) is 9.15 Å². The van der Waals surface area contributed by atoms with E-state index in [0.29, 0.717) is 24.4 Å². The zero-order valence-corrected chi connectivity index (χ0v) is 10.1. The summed E-state index contributed by atoms with van der Waals surface area (Å²) in [4.78, 5) is 23.3. The van der Waals surface area contributed by atoms with E-state index in [0.717, 1.165) is 0 Å². The molecule has 0 aromatic carbocycles. The topological polar surface area (TPSA) is 88.8 Å². The molecule has 1 fully saturated rings. The second kappa shape index (κ2) is 4.81. The van der Waals surface area contributed by atoms with Crippen LogP contribution in [0.25, 0.3) is 0 Å². The van der Waals surface area contributed by atoms with Gasteiger partial charge in [-0.2, -0.15) is 0 Å². The van der Waals surface area contributed by atoms with Crippen LogP contribution in [0.4, 0.5) is 0 Å². The van der Waals surface area contributed by atoms with E-state index < -0.39 is 17.4 Å². The molecule has 6 heteroatoms. The molecule has 1 saturated heterocycles. The molecular formula is C12H15NO5. The molecule has 2 rings (SSSR count). The van der Waals surface area contributed by atoms with Gasteiger partial charge in [-0.1, -0.05) is 6.92 Å². The molecule has 1 unspecified atom stereocenters. The van der Waals surface area contributed by atoms with Gasteiger partial charge in [0, 0.05) is 19.4 Å². The predicted octanol–water partition coefficient (Wildman–Crippen LogP) is 0.815. The van der Waals surface area contributed by atoms with Crippen LogP contribution in [0, 0.1) is 0 Å². The van der Waals surface area contributed by atoms with Gasteiger partial charge in [-0.3, -0.25) is 4.79 Å². The van der Waals surface area contributed by atoms with Gasteiger partial charge in [-0.25, -0.2) is 4.79 Å². The third-order valence-electron chi connectivity index (χ3n) is 3.09. The number of carbonyl (C=O) groups is 2. The molecule has 0 spiro atoms. The SMILES string of the molecule is CCc1occc1C(=O)NC1(C(=O)O)CCOC1. The summed E-state index contributed by atoms with van der Waals surface area (Å²) in [6.07, 6.45) is 2.27. The summed E-state index contributed by atoms with van der Waals surface area (Å²) < 4.78 is 10.2. The summed E-state index contributed by atoms with van der Waals surface area (Å²) in [6, 6.07) is 1.54. The lowest BCUT2D eigenvalue weighted by Crippen LogP contribution is -2.55. The molecular weight excluding hydrogens is 238 g/mol. The number of carboxylic acids is 1. The number of nitrogens with one attached hydrogen (secondary N) is 1. The minimum Gasteiger partial charge on any atom is -0.479 e. The largest absolute Gasteiger partial charge is 0.479 e. The molecule has 0 radical (unpaired) electrons. The van der Waals surface area contributed by atoms with Crippen molar-refractivity contribution >= 4 is 11.9 Å². The lowest BCUT2D eigenvalue weighted by molar-refractivity contribution is -0.144. The second-order valence-corrected chi connectivity index (χ2v) is 4.25. The zero-order valence-electron chi connectivity index (χ0n) is 10.1. The summed E-state index contributed by atoms with van der Waals surface area (Å²) in [5.74, 6) is -0.963. The van der Waals surface area contributed by atoms with E-state index in [2.05, 4.69) is 5.32 Å². The number of amides is 1. The zero-order chi connectivity index (χ0) is 13.2. The highest BCUT2D eigenvalue weighted by Crippen LogP contribution is 2.21. The van der Waals surface area contributed by atoms with E-state index >= 15 is 0 Å². The smallest absolute Gasteiger partial charge is 0.331 e. The maximum absolute atomic E-state index is 12.1. The van der Waals surface area contributed by atoms with Crippen molar-refractivity contribution in [3.63, 3.8) is 0 Å². The number of hydrogen-bond donors (Lipinski definition) is 2. The van der Waals surface area contributed by atoms with Gasteiger partial charge in [-0.05, 0) is 6.07 Å². The Morgan fingerprint density at radius 1 is 1.56 bits per heavy atom. The van der Waals surface area contributed by atoms with Crippen molar-refractivity contribution in [3.8, 4) is 0 Å².